The van der Waals surface area contributed by atoms with Crippen molar-refractivity contribution in [1.82, 2.24) is 9.88 Å². The molecule has 1 aromatic carbocycles. The zero-order chi connectivity index (χ0) is 19.7. The van der Waals surface area contributed by atoms with Crippen molar-refractivity contribution in [2.24, 2.45) is 5.92 Å². The lowest BCUT2D eigenvalue weighted by atomic mass is 9.89. The van der Waals surface area contributed by atoms with E-state index in [1.54, 1.807) is 12.1 Å². The second-order valence-corrected chi connectivity index (χ2v) is 7.13. The van der Waals surface area contributed by atoms with Crippen molar-refractivity contribution < 1.29 is 19.1 Å². The van der Waals surface area contributed by atoms with E-state index in [-0.39, 0.29) is 24.6 Å². The van der Waals surface area contributed by atoms with E-state index in [0.29, 0.717) is 5.56 Å². The largest absolute Gasteiger partial charge is 0.481 e. The lowest BCUT2D eigenvalue weighted by Crippen LogP contribution is -2.34. The van der Waals surface area contributed by atoms with Gasteiger partial charge in [-0.1, -0.05) is 26.0 Å². The molecule has 0 aliphatic carbocycles. The predicted molar refractivity (Wildman–Crippen MR) is 97.3 cm³/mol. The highest BCUT2D eigenvalue weighted by Crippen LogP contribution is 2.33. The standard InChI is InChI=1S/C20H21FN2O4/c1-11(2)17-7-6-14(18(24)22-17)19(25)23-9-15(16(10-23)20(26)27)12-4-3-5-13(21)8-12/h3-8,11,15-16H,9-10H2,1-2H3,(H,22,24)(H,26,27)/t15-,16+/m1/s1. The maximum Gasteiger partial charge on any atom is 0.308 e. The fourth-order valence-corrected chi connectivity index (χ4v) is 3.46. The fourth-order valence-electron chi connectivity index (χ4n) is 3.46. The molecule has 0 saturated carbocycles. The average molecular weight is 372 g/mol. The summed E-state index contributed by atoms with van der Waals surface area (Å²) >= 11 is 0. The molecule has 7 heteroatoms. The van der Waals surface area contributed by atoms with Gasteiger partial charge in [-0.3, -0.25) is 14.4 Å². The van der Waals surface area contributed by atoms with E-state index in [2.05, 4.69) is 4.98 Å². The van der Waals surface area contributed by atoms with E-state index in [9.17, 15) is 23.9 Å². The number of halogens is 1. The number of nitrogens with zero attached hydrogens (tertiary/aromatic N) is 1. The van der Waals surface area contributed by atoms with Gasteiger partial charge in [0.15, 0.2) is 0 Å². The molecule has 1 saturated heterocycles. The van der Waals surface area contributed by atoms with Gasteiger partial charge in [-0.25, -0.2) is 4.39 Å². The quantitative estimate of drug-likeness (QED) is 0.863. The summed E-state index contributed by atoms with van der Waals surface area (Å²) in [6.07, 6.45) is 0. The first-order valence-electron chi connectivity index (χ1n) is 8.78. The molecule has 2 heterocycles. The van der Waals surface area contributed by atoms with Crippen LogP contribution in [0.3, 0.4) is 0 Å². The molecule has 2 N–H and O–H groups in total. The van der Waals surface area contributed by atoms with Crippen molar-refractivity contribution in [3.8, 4) is 0 Å². The molecule has 2 aromatic rings. The van der Waals surface area contributed by atoms with Gasteiger partial charge in [0.2, 0.25) is 0 Å². The summed E-state index contributed by atoms with van der Waals surface area (Å²) in [7, 11) is 0. The Morgan fingerprint density at radius 1 is 1.22 bits per heavy atom. The maximum atomic E-state index is 13.6. The fraction of sp³-hybridized carbons (Fsp3) is 0.350. The van der Waals surface area contributed by atoms with Crippen LogP contribution in [0.4, 0.5) is 4.39 Å². The SMILES string of the molecule is CC(C)c1ccc(C(=O)N2C[C@H](C(=O)O)[C@@H](c3cccc(F)c3)C2)c(=O)[nH]1. The lowest BCUT2D eigenvalue weighted by molar-refractivity contribution is -0.141. The Morgan fingerprint density at radius 2 is 1.96 bits per heavy atom. The van der Waals surface area contributed by atoms with Crippen molar-refractivity contribution in [3.05, 3.63) is 69.4 Å². The molecule has 1 aliphatic heterocycles. The number of carboxylic acids is 1. The first-order chi connectivity index (χ1) is 12.8. The molecule has 1 aromatic heterocycles. The van der Waals surface area contributed by atoms with E-state index < -0.39 is 35.1 Å². The van der Waals surface area contributed by atoms with E-state index >= 15 is 0 Å². The van der Waals surface area contributed by atoms with Crippen LogP contribution in [0, 0.1) is 11.7 Å². The Hall–Kier alpha value is -2.96. The number of aromatic nitrogens is 1. The minimum atomic E-state index is -1.05. The smallest absolute Gasteiger partial charge is 0.308 e. The van der Waals surface area contributed by atoms with Gasteiger partial charge < -0.3 is 15.0 Å². The summed E-state index contributed by atoms with van der Waals surface area (Å²) in [6.45, 7) is 3.94. The van der Waals surface area contributed by atoms with Crippen LogP contribution >= 0.6 is 0 Å². The normalized spacial score (nSPS) is 19.5. The van der Waals surface area contributed by atoms with Crippen molar-refractivity contribution in [3.63, 3.8) is 0 Å². The van der Waals surface area contributed by atoms with Crippen LogP contribution < -0.4 is 5.56 Å². The topological polar surface area (TPSA) is 90.5 Å². The van der Waals surface area contributed by atoms with Gasteiger partial charge in [-0.2, -0.15) is 0 Å². The third-order valence-electron chi connectivity index (χ3n) is 4.99. The Kier molecular flexibility index (Phi) is 5.12. The number of carboxylic acid groups (broad SMARTS) is 1. The molecule has 0 bridgehead atoms. The van der Waals surface area contributed by atoms with Crippen molar-refractivity contribution in [2.45, 2.75) is 25.7 Å². The zero-order valence-electron chi connectivity index (χ0n) is 15.1. The van der Waals surface area contributed by atoms with E-state index in [0.717, 1.165) is 5.69 Å². The highest BCUT2D eigenvalue weighted by molar-refractivity contribution is 5.94. The number of carbonyl (C=O) groups excluding carboxylic acids is 1. The van der Waals surface area contributed by atoms with Gasteiger partial charge in [-0.05, 0) is 35.7 Å². The molecule has 142 valence electrons. The van der Waals surface area contributed by atoms with Gasteiger partial charge in [0.1, 0.15) is 11.4 Å². The van der Waals surface area contributed by atoms with E-state index in [1.165, 1.54) is 29.2 Å². The average Bonchev–Trinajstić information content (AvgIpc) is 3.06. The van der Waals surface area contributed by atoms with E-state index in [1.807, 2.05) is 13.8 Å². The molecule has 0 unspecified atom stereocenters. The number of likely N-dealkylation sites (tertiary alicyclic amines) is 1. The Bertz CT molecular complexity index is 938. The van der Waals surface area contributed by atoms with Crippen LogP contribution in [0.2, 0.25) is 0 Å². The Labute approximate surface area is 155 Å². The van der Waals surface area contributed by atoms with Crippen LogP contribution in [0.25, 0.3) is 0 Å². The van der Waals surface area contributed by atoms with Crippen LogP contribution in [-0.4, -0.2) is 40.0 Å². The summed E-state index contributed by atoms with van der Waals surface area (Å²) in [4.78, 5) is 40.8. The molecule has 1 amide bonds. The summed E-state index contributed by atoms with van der Waals surface area (Å²) in [5.74, 6) is -3.30. The summed E-state index contributed by atoms with van der Waals surface area (Å²) in [5, 5.41) is 9.54. The second-order valence-electron chi connectivity index (χ2n) is 7.13. The molecular formula is C20H21FN2O4. The molecule has 2 atom stereocenters. The highest BCUT2D eigenvalue weighted by Gasteiger charge is 2.41. The number of H-pyrrole nitrogens is 1. The van der Waals surface area contributed by atoms with Gasteiger partial charge in [0.25, 0.3) is 11.5 Å². The number of rotatable bonds is 4. The maximum absolute atomic E-state index is 13.6. The van der Waals surface area contributed by atoms with Gasteiger partial charge in [-0.15, -0.1) is 0 Å². The number of carbonyl (C=O) groups is 2. The third kappa shape index (κ3) is 3.77. The number of hydrogen-bond acceptors (Lipinski definition) is 3. The highest BCUT2D eigenvalue weighted by atomic mass is 19.1. The Morgan fingerprint density at radius 3 is 2.56 bits per heavy atom. The van der Waals surface area contributed by atoms with Crippen molar-refractivity contribution in [1.29, 1.82) is 0 Å². The first kappa shape index (κ1) is 18.8. The first-order valence-corrected chi connectivity index (χ1v) is 8.78. The molecule has 6 nitrogen and oxygen atoms in total. The summed E-state index contributed by atoms with van der Waals surface area (Å²) < 4.78 is 13.6. The third-order valence-corrected chi connectivity index (χ3v) is 4.99. The predicted octanol–water partition coefficient (Wildman–Crippen LogP) is 2.58. The van der Waals surface area contributed by atoms with Gasteiger partial charge in [0, 0.05) is 24.7 Å². The van der Waals surface area contributed by atoms with Crippen LogP contribution in [-0.2, 0) is 4.79 Å². The molecule has 0 spiro atoms. The number of pyridine rings is 1. The van der Waals surface area contributed by atoms with Gasteiger partial charge in [0.05, 0.1) is 5.92 Å². The molecular weight excluding hydrogens is 351 g/mol. The summed E-state index contributed by atoms with van der Waals surface area (Å²) in [6, 6.07) is 8.91. The molecule has 1 fully saturated rings. The number of aromatic amines is 1. The van der Waals surface area contributed by atoms with Gasteiger partial charge >= 0.3 is 5.97 Å². The minimum absolute atomic E-state index is 0.0246. The number of benzene rings is 1. The minimum Gasteiger partial charge on any atom is -0.481 e. The number of aliphatic carboxylic acids is 1. The van der Waals surface area contributed by atoms with Crippen molar-refractivity contribution >= 4 is 11.9 Å². The zero-order valence-corrected chi connectivity index (χ0v) is 15.1. The molecule has 0 radical (unpaired) electrons. The Balaban J connectivity index is 1.88. The second kappa shape index (κ2) is 7.34. The van der Waals surface area contributed by atoms with Crippen LogP contribution in [0.5, 0.6) is 0 Å². The lowest BCUT2D eigenvalue weighted by Gasteiger charge is -2.17. The van der Waals surface area contributed by atoms with Crippen LogP contribution in [0.1, 0.15) is 47.3 Å². The monoisotopic (exact) mass is 372 g/mol. The number of amides is 1. The van der Waals surface area contributed by atoms with Crippen LogP contribution in [0.15, 0.2) is 41.2 Å². The number of hydrogen-bond donors (Lipinski definition) is 2. The number of nitrogens with one attached hydrogen (secondary N) is 1. The molecule has 3 rings (SSSR count). The molecule has 27 heavy (non-hydrogen) atoms. The summed E-state index contributed by atoms with van der Waals surface area (Å²) in [5.41, 5.74) is 0.733. The van der Waals surface area contributed by atoms with E-state index in [4.69, 9.17) is 0 Å². The molecule has 1 aliphatic rings. The van der Waals surface area contributed by atoms with Crippen molar-refractivity contribution in [2.75, 3.05) is 13.1 Å².